The van der Waals surface area contributed by atoms with Gasteiger partial charge in [-0.3, -0.25) is 4.79 Å². The van der Waals surface area contributed by atoms with Crippen LogP contribution in [0.4, 0.5) is 8.78 Å². The summed E-state index contributed by atoms with van der Waals surface area (Å²) in [5.74, 6) is -1.57. The van der Waals surface area contributed by atoms with E-state index in [-0.39, 0.29) is 12.0 Å². The Morgan fingerprint density at radius 3 is 2.36 bits per heavy atom. The molecule has 1 nitrogen and oxygen atoms in total. The fourth-order valence-corrected chi connectivity index (χ4v) is 1.45. The van der Waals surface area contributed by atoms with Gasteiger partial charge in [0.1, 0.15) is 11.6 Å². The topological polar surface area (TPSA) is 17.1 Å². The maximum atomic E-state index is 13.1. The summed E-state index contributed by atoms with van der Waals surface area (Å²) >= 11 is 0. The average Bonchev–Trinajstić information content (AvgIpc) is 2.87. The van der Waals surface area contributed by atoms with Gasteiger partial charge in [0.25, 0.3) is 0 Å². The van der Waals surface area contributed by atoms with Crippen LogP contribution in [-0.4, -0.2) is 5.78 Å². The summed E-state index contributed by atoms with van der Waals surface area (Å²) in [4.78, 5) is 11.5. The highest BCUT2D eigenvalue weighted by molar-refractivity contribution is 5.96. The summed E-state index contributed by atoms with van der Waals surface area (Å²) in [5.41, 5.74) is -0.376. The zero-order chi connectivity index (χ0) is 10.1. The summed E-state index contributed by atoms with van der Waals surface area (Å²) in [6, 6.07) is 3.49. The van der Waals surface area contributed by atoms with Crippen molar-refractivity contribution in [1.29, 1.82) is 0 Å². The minimum atomic E-state index is -0.754. The van der Waals surface area contributed by atoms with Gasteiger partial charge in [-0.2, -0.15) is 0 Å². The summed E-state index contributed by atoms with van der Waals surface area (Å²) in [5, 5.41) is 0. The Kier molecular flexibility index (Phi) is 2.32. The second-order valence-corrected chi connectivity index (χ2v) is 3.67. The third-order valence-electron chi connectivity index (χ3n) is 2.41. The van der Waals surface area contributed by atoms with Gasteiger partial charge in [0.15, 0.2) is 5.78 Å². The summed E-state index contributed by atoms with van der Waals surface area (Å²) in [7, 11) is 0. The van der Waals surface area contributed by atoms with Crippen LogP contribution in [0.5, 0.6) is 0 Å². The molecule has 0 bridgehead atoms. The molecule has 0 aliphatic heterocycles. The van der Waals surface area contributed by atoms with E-state index in [1.165, 1.54) is 6.07 Å². The van der Waals surface area contributed by atoms with Crippen molar-refractivity contribution in [2.75, 3.05) is 0 Å². The van der Waals surface area contributed by atoms with Crippen molar-refractivity contribution < 1.29 is 13.6 Å². The van der Waals surface area contributed by atoms with Gasteiger partial charge in [0.05, 0.1) is 5.56 Å². The molecule has 1 aliphatic rings. The van der Waals surface area contributed by atoms with Gasteiger partial charge in [0.2, 0.25) is 0 Å². The molecule has 1 aromatic rings. The van der Waals surface area contributed by atoms with E-state index in [0.29, 0.717) is 5.92 Å². The van der Waals surface area contributed by atoms with E-state index in [0.717, 1.165) is 25.0 Å². The summed E-state index contributed by atoms with van der Waals surface area (Å²) in [6.45, 7) is 0. The van der Waals surface area contributed by atoms with Crippen LogP contribution in [0.3, 0.4) is 0 Å². The molecule has 0 saturated heterocycles. The van der Waals surface area contributed by atoms with Crippen LogP contribution >= 0.6 is 0 Å². The quantitative estimate of drug-likeness (QED) is 0.679. The van der Waals surface area contributed by atoms with Crippen LogP contribution in [-0.2, 0) is 0 Å². The van der Waals surface area contributed by atoms with Gasteiger partial charge in [0, 0.05) is 6.42 Å². The molecule has 1 fully saturated rings. The SMILES string of the molecule is O=C(CC1CC1)c1c(F)cccc1F. The first-order valence-electron chi connectivity index (χ1n) is 4.65. The van der Waals surface area contributed by atoms with Crippen LogP contribution in [0.25, 0.3) is 0 Å². The van der Waals surface area contributed by atoms with Crippen molar-refractivity contribution >= 4 is 5.78 Å². The Bertz CT molecular complexity index is 349. The molecule has 0 radical (unpaired) electrons. The largest absolute Gasteiger partial charge is 0.294 e. The molecule has 1 aromatic carbocycles. The van der Waals surface area contributed by atoms with Gasteiger partial charge in [-0.25, -0.2) is 8.78 Å². The number of hydrogen-bond acceptors (Lipinski definition) is 1. The maximum absolute atomic E-state index is 13.1. The standard InChI is InChI=1S/C11H10F2O/c12-8-2-1-3-9(13)11(8)10(14)6-7-4-5-7/h1-3,7H,4-6H2. The summed E-state index contributed by atoms with van der Waals surface area (Å²) < 4.78 is 26.2. The lowest BCUT2D eigenvalue weighted by atomic mass is 10.0. The first-order chi connectivity index (χ1) is 6.68. The van der Waals surface area contributed by atoms with Gasteiger partial charge >= 0.3 is 0 Å². The van der Waals surface area contributed by atoms with Crippen LogP contribution in [0, 0.1) is 17.6 Å². The van der Waals surface area contributed by atoms with Crippen LogP contribution < -0.4 is 0 Å². The molecule has 0 unspecified atom stereocenters. The van der Waals surface area contributed by atoms with E-state index < -0.39 is 17.4 Å². The van der Waals surface area contributed by atoms with E-state index in [1.54, 1.807) is 0 Å². The zero-order valence-electron chi connectivity index (χ0n) is 7.59. The molecule has 1 saturated carbocycles. The molecular weight excluding hydrogens is 186 g/mol. The monoisotopic (exact) mass is 196 g/mol. The number of carbonyl (C=O) groups excluding carboxylic acids is 1. The van der Waals surface area contributed by atoms with Crippen LogP contribution in [0.2, 0.25) is 0 Å². The third kappa shape index (κ3) is 1.81. The predicted molar refractivity (Wildman–Crippen MR) is 48.0 cm³/mol. The molecule has 2 rings (SSSR count). The number of halogens is 2. The minimum absolute atomic E-state index is 0.276. The maximum Gasteiger partial charge on any atom is 0.169 e. The van der Waals surface area contributed by atoms with Crippen molar-refractivity contribution in [3.8, 4) is 0 Å². The van der Waals surface area contributed by atoms with Crippen molar-refractivity contribution in [1.82, 2.24) is 0 Å². The average molecular weight is 196 g/mol. The number of ketones is 1. The molecular formula is C11H10F2O. The number of hydrogen-bond donors (Lipinski definition) is 0. The van der Waals surface area contributed by atoms with E-state index in [2.05, 4.69) is 0 Å². The van der Waals surface area contributed by atoms with E-state index in [9.17, 15) is 13.6 Å². The molecule has 14 heavy (non-hydrogen) atoms. The highest BCUT2D eigenvalue weighted by atomic mass is 19.1. The van der Waals surface area contributed by atoms with E-state index >= 15 is 0 Å². The fourth-order valence-electron chi connectivity index (χ4n) is 1.45. The number of benzene rings is 1. The highest BCUT2D eigenvalue weighted by Gasteiger charge is 2.27. The molecule has 74 valence electrons. The van der Waals surface area contributed by atoms with Gasteiger partial charge in [-0.15, -0.1) is 0 Å². The van der Waals surface area contributed by atoms with Crippen molar-refractivity contribution in [3.05, 3.63) is 35.4 Å². The van der Waals surface area contributed by atoms with E-state index in [1.807, 2.05) is 0 Å². The molecule has 0 N–H and O–H groups in total. The third-order valence-corrected chi connectivity index (χ3v) is 2.41. The first-order valence-corrected chi connectivity index (χ1v) is 4.65. The second kappa shape index (κ2) is 3.48. The fraction of sp³-hybridized carbons (Fsp3) is 0.364. The lowest BCUT2D eigenvalue weighted by Crippen LogP contribution is -2.06. The van der Waals surface area contributed by atoms with Crippen LogP contribution in [0.1, 0.15) is 29.6 Å². The smallest absolute Gasteiger partial charge is 0.169 e. The Labute approximate surface area is 80.7 Å². The second-order valence-electron chi connectivity index (χ2n) is 3.67. The van der Waals surface area contributed by atoms with Gasteiger partial charge < -0.3 is 0 Å². The Morgan fingerprint density at radius 2 is 1.86 bits per heavy atom. The molecule has 0 spiro atoms. The first kappa shape index (κ1) is 9.31. The minimum Gasteiger partial charge on any atom is -0.294 e. The molecule has 0 amide bonds. The summed E-state index contributed by atoms with van der Waals surface area (Å²) in [6.07, 6.45) is 2.28. The molecule has 1 aliphatic carbocycles. The normalized spacial score (nSPS) is 15.6. The Balaban J connectivity index is 2.24. The van der Waals surface area contributed by atoms with E-state index in [4.69, 9.17) is 0 Å². The lowest BCUT2D eigenvalue weighted by molar-refractivity contribution is 0.0968. The highest BCUT2D eigenvalue weighted by Crippen LogP contribution is 2.34. The van der Waals surface area contributed by atoms with Crippen LogP contribution in [0.15, 0.2) is 18.2 Å². The molecule has 3 heteroatoms. The number of Topliss-reactive ketones (excluding diaryl/α,β-unsaturated/α-hetero) is 1. The Hall–Kier alpha value is -1.25. The van der Waals surface area contributed by atoms with Gasteiger partial charge in [-0.05, 0) is 30.9 Å². The molecule has 0 atom stereocenters. The number of carbonyl (C=O) groups is 1. The Morgan fingerprint density at radius 1 is 1.29 bits per heavy atom. The predicted octanol–water partition coefficient (Wildman–Crippen LogP) is 2.95. The van der Waals surface area contributed by atoms with Crippen molar-refractivity contribution in [3.63, 3.8) is 0 Å². The number of rotatable bonds is 3. The lowest BCUT2D eigenvalue weighted by Gasteiger charge is -2.02. The molecule has 0 heterocycles. The van der Waals surface area contributed by atoms with Crippen molar-refractivity contribution in [2.45, 2.75) is 19.3 Å². The zero-order valence-corrected chi connectivity index (χ0v) is 7.59. The van der Waals surface area contributed by atoms with Crippen molar-refractivity contribution in [2.24, 2.45) is 5.92 Å². The molecule has 0 aromatic heterocycles. The van der Waals surface area contributed by atoms with Gasteiger partial charge in [-0.1, -0.05) is 6.07 Å².